The van der Waals surface area contributed by atoms with Gasteiger partial charge in [0.15, 0.2) is 0 Å². The van der Waals surface area contributed by atoms with Crippen LogP contribution in [-0.2, 0) is 4.74 Å². The fourth-order valence-electron chi connectivity index (χ4n) is 2.86. The first-order chi connectivity index (χ1) is 10.3. The molecule has 0 aliphatic heterocycles. The van der Waals surface area contributed by atoms with Gasteiger partial charge in [0.25, 0.3) is 0 Å². The molecule has 2 unspecified atom stereocenters. The quantitative estimate of drug-likeness (QED) is 0.849. The Bertz CT molecular complexity index is 565. The molecule has 0 saturated heterocycles. The molecule has 1 aliphatic carbocycles. The zero-order chi connectivity index (χ0) is 14.7. The molecule has 1 N–H and O–H groups in total. The molecule has 3 rings (SSSR count). The van der Waals surface area contributed by atoms with Gasteiger partial charge >= 0.3 is 0 Å². The molecule has 1 saturated carbocycles. The molecule has 1 aromatic heterocycles. The van der Waals surface area contributed by atoms with Crippen molar-refractivity contribution in [3.8, 4) is 5.69 Å². The molecular weight excluding hydrogens is 264 g/mol. The van der Waals surface area contributed by atoms with E-state index >= 15 is 0 Å². The second-order valence-corrected chi connectivity index (χ2v) is 5.48. The van der Waals surface area contributed by atoms with Crippen molar-refractivity contribution in [2.24, 2.45) is 5.92 Å². The summed E-state index contributed by atoms with van der Waals surface area (Å²) in [7, 11) is 1.80. The second kappa shape index (κ2) is 6.37. The lowest BCUT2D eigenvalue weighted by atomic mass is 10.0. The van der Waals surface area contributed by atoms with E-state index in [4.69, 9.17) is 4.74 Å². The van der Waals surface area contributed by atoms with Crippen molar-refractivity contribution < 1.29 is 4.74 Å². The Morgan fingerprint density at radius 3 is 2.71 bits per heavy atom. The zero-order valence-electron chi connectivity index (χ0n) is 12.6. The highest BCUT2D eigenvalue weighted by Gasteiger charge is 2.38. The molecule has 112 valence electrons. The van der Waals surface area contributed by atoms with E-state index in [9.17, 15) is 0 Å². The largest absolute Gasteiger partial charge is 0.379 e. The lowest BCUT2D eigenvalue weighted by molar-refractivity contribution is 0.0492. The Balaban J connectivity index is 1.94. The van der Waals surface area contributed by atoms with Crippen LogP contribution < -0.4 is 5.32 Å². The van der Waals surface area contributed by atoms with Gasteiger partial charge in [-0.25, -0.2) is 4.68 Å². The molecule has 1 heterocycles. The molecule has 2 atom stereocenters. The van der Waals surface area contributed by atoms with Crippen LogP contribution in [0.1, 0.15) is 31.5 Å². The van der Waals surface area contributed by atoms with Gasteiger partial charge in [0.05, 0.1) is 29.7 Å². The van der Waals surface area contributed by atoms with Crippen LogP contribution in [0, 0.1) is 5.92 Å². The lowest BCUT2D eigenvalue weighted by Gasteiger charge is -2.27. The highest BCUT2D eigenvalue weighted by molar-refractivity contribution is 5.32. The number of benzene rings is 1. The normalized spacial score (nSPS) is 17.6. The topological polar surface area (TPSA) is 52.0 Å². The molecule has 0 spiro atoms. The van der Waals surface area contributed by atoms with Crippen molar-refractivity contribution in [2.75, 3.05) is 13.7 Å². The van der Waals surface area contributed by atoms with Gasteiger partial charge < -0.3 is 10.1 Å². The summed E-state index contributed by atoms with van der Waals surface area (Å²) >= 11 is 0. The number of nitrogens with zero attached hydrogens (tertiary/aromatic N) is 3. The predicted octanol–water partition coefficient (Wildman–Crippen LogP) is 2.34. The van der Waals surface area contributed by atoms with Crippen molar-refractivity contribution in [1.29, 1.82) is 0 Å². The molecule has 5 nitrogen and oxygen atoms in total. The molecule has 0 amide bonds. The first-order valence-corrected chi connectivity index (χ1v) is 7.57. The van der Waals surface area contributed by atoms with Gasteiger partial charge in [0.2, 0.25) is 0 Å². The number of hydrogen-bond donors (Lipinski definition) is 1. The van der Waals surface area contributed by atoms with E-state index < -0.39 is 0 Å². The summed E-state index contributed by atoms with van der Waals surface area (Å²) in [5.41, 5.74) is 2.08. The number of ether oxygens (including phenoxy) is 1. The van der Waals surface area contributed by atoms with Gasteiger partial charge in [-0.05, 0) is 37.4 Å². The maximum Gasteiger partial charge on any atom is 0.0841 e. The Kier molecular flexibility index (Phi) is 4.31. The summed E-state index contributed by atoms with van der Waals surface area (Å²) in [5.74, 6) is 0.637. The van der Waals surface area contributed by atoms with Crippen LogP contribution in [0.5, 0.6) is 0 Å². The number of methoxy groups -OCH3 is 1. The van der Waals surface area contributed by atoms with Crippen LogP contribution in [0.4, 0.5) is 0 Å². The molecule has 21 heavy (non-hydrogen) atoms. The third kappa shape index (κ3) is 2.99. The lowest BCUT2D eigenvalue weighted by Crippen LogP contribution is -2.36. The Labute approximate surface area is 125 Å². The minimum absolute atomic E-state index is 0.114. The highest BCUT2D eigenvalue weighted by atomic mass is 16.5. The zero-order valence-corrected chi connectivity index (χ0v) is 12.6. The number of aromatic nitrogens is 3. The average Bonchev–Trinajstić information content (AvgIpc) is 3.24. The fraction of sp³-hybridized carbons (Fsp3) is 0.500. The molecule has 1 aromatic carbocycles. The van der Waals surface area contributed by atoms with E-state index in [0.29, 0.717) is 5.92 Å². The van der Waals surface area contributed by atoms with E-state index in [1.165, 1.54) is 12.8 Å². The van der Waals surface area contributed by atoms with Gasteiger partial charge in [0, 0.05) is 7.11 Å². The SMILES string of the molecule is CCNC(c1cnnn1-c1ccccc1)C(OC)C1CC1. The first kappa shape index (κ1) is 14.2. The number of para-hydroxylation sites is 1. The van der Waals surface area contributed by atoms with E-state index in [0.717, 1.165) is 17.9 Å². The third-order valence-corrected chi connectivity index (χ3v) is 4.01. The van der Waals surface area contributed by atoms with Crippen LogP contribution in [0.25, 0.3) is 5.69 Å². The highest BCUT2D eigenvalue weighted by Crippen LogP contribution is 2.39. The van der Waals surface area contributed by atoms with Crippen LogP contribution in [0.15, 0.2) is 36.5 Å². The minimum Gasteiger partial charge on any atom is -0.379 e. The smallest absolute Gasteiger partial charge is 0.0841 e. The fourth-order valence-corrected chi connectivity index (χ4v) is 2.86. The summed E-state index contributed by atoms with van der Waals surface area (Å²) in [6, 6.07) is 10.2. The van der Waals surface area contributed by atoms with E-state index in [-0.39, 0.29) is 12.1 Å². The number of nitrogens with one attached hydrogen (secondary N) is 1. The van der Waals surface area contributed by atoms with Gasteiger partial charge in [-0.2, -0.15) is 0 Å². The van der Waals surface area contributed by atoms with Gasteiger partial charge in [-0.1, -0.05) is 30.3 Å². The average molecular weight is 286 g/mol. The van der Waals surface area contributed by atoms with Crippen LogP contribution in [0.2, 0.25) is 0 Å². The Morgan fingerprint density at radius 2 is 2.10 bits per heavy atom. The molecule has 1 aliphatic rings. The third-order valence-electron chi connectivity index (χ3n) is 4.01. The summed E-state index contributed by atoms with van der Waals surface area (Å²) in [6.45, 7) is 3.00. The van der Waals surface area contributed by atoms with Gasteiger partial charge in [-0.15, -0.1) is 5.10 Å². The monoisotopic (exact) mass is 286 g/mol. The van der Waals surface area contributed by atoms with Gasteiger partial charge in [-0.3, -0.25) is 0 Å². The van der Waals surface area contributed by atoms with Crippen LogP contribution in [-0.4, -0.2) is 34.8 Å². The molecule has 1 fully saturated rings. The minimum atomic E-state index is 0.114. The van der Waals surface area contributed by atoms with E-state index in [1.807, 2.05) is 41.2 Å². The Hall–Kier alpha value is -1.72. The van der Waals surface area contributed by atoms with Crippen molar-refractivity contribution in [3.63, 3.8) is 0 Å². The second-order valence-electron chi connectivity index (χ2n) is 5.48. The number of rotatable bonds is 7. The van der Waals surface area contributed by atoms with Crippen molar-refractivity contribution in [2.45, 2.75) is 31.9 Å². The maximum absolute atomic E-state index is 5.77. The van der Waals surface area contributed by atoms with Crippen molar-refractivity contribution in [1.82, 2.24) is 20.3 Å². The molecule has 2 aromatic rings. The molecular formula is C16H22N4O. The summed E-state index contributed by atoms with van der Waals surface area (Å²) in [4.78, 5) is 0. The van der Waals surface area contributed by atoms with Gasteiger partial charge in [0.1, 0.15) is 0 Å². The maximum atomic E-state index is 5.77. The van der Waals surface area contributed by atoms with Crippen molar-refractivity contribution in [3.05, 3.63) is 42.2 Å². The van der Waals surface area contributed by atoms with Crippen LogP contribution in [0.3, 0.4) is 0 Å². The summed E-state index contributed by atoms with van der Waals surface area (Å²) in [5, 5.41) is 11.9. The molecule has 0 bridgehead atoms. The number of hydrogen-bond acceptors (Lipinski definition) is 4. The summed E-state index contributed by atoms with van der Waals surface area (Å²) in [6.07, 6.45) is 4.50. The van der Waals surface area contributed by atoms with Crippen LogP contribution >= 0.6 is 0 Å². The van der Waals surface area contributed by atoms with Crippen molar-refractivity contribution >= 4 is 0 Å². The molecule has 5 heteroatoms. The van der Waals surface area contributed by atoms with E-state index in [1.54, 1.807) is 7.11 Å². The first-order valence-electron chi connectivity index (χ1n) is 7.57. The Morgan fingerprint density at radius 1 is 1.33 bits per heavy atom. The standard InChI is InChI=1S/C16H22N4O/c1-3-17-15(16(21-2)12-9-10-12)14-11-18-19-20(14)13-7-5-4-6-8-13/h4-8,11-12,15-17H,3,9-10H2,1-2H3. The van der Waals surface area contributed by atoms with E-state index in [2.05, 4.69) is 22.6 Å². The number of likely N-dealkylation sites (N-methyl/N-ethyl adjacent to an activating group) is 1. The summed E-state index contributed by atoms with van der Waals surface area (Å²) < 4.78 is 7.68. The predicted molar refractivity (Wildman–Crippen MR) is 81.3 cm³/mol. The molecule has 0 radical (unpaired) electrons.